The van der Waals surface area contributed by atoms with Crippen molar-refractivity contribution in [3.8, 4) is 0 Å². The molecule has 0 saturated heterocycles. The molecule has 0 saturated carbocycles. The number of hydrogen-bond acceptors (Lipinski definition) is 7. The number of anilines is 1. The fraction of sp³-hybridized carbons (Fsp3) is 0.333. The molecule has 0 fully saturated rings. The van der Waals surface area contributed by atoms with E-state index in [1.807, 2.05) is 0 Å². The maximum Gasteiger partial charge on any atom is 0.288 e. The molecule has 0 unspecified atom stereocenters. The maximum absolute atomic E-state index is 11.7. The molecule has 0 spiro atoms. The molecule has 10 nitrogen and oxygen atoms in total. The molecule has 110 valence electrons. The molecule has 0 aliphatic heterocycles. The van der Waals surface area contributed by atoms with Crippen LogP contribution in [0.15, 0.2) is 12.3 Å². The van der Waals surface area contributed by atoms with Crippen LogP contribution in [0.3, 0.4) is 0 Å². The van der Waals surface area contributed by atoms with Gasteiger partial charge in [-0.05, 0) is 0 Å². The third-order valence-electron chi connectivity index (χ3n) is 2.13. The van der Waals surface area contributed by atoms with Crippen molar-refractivity contribution in [2.45, 2.75) is 0 Å². The number of nitrogen functional groups attached to an aromatic ring is 1. The van der Waals surface area contributed by atoms with Crippen LogP contribution in [-0.2, 0) is 10.0 Å². The smallest absolute Gasteiger partial charge is 0.288 e. The highest BCUT2D eigenvalue weighted by molar-refractivity contribution is 7.88. The number of pyridine rings is 1. The third-order valence-corrected chi connectivity index (χ3v) is 2.86. The highest BCUT2D eigenvalue weighted by Crippen LogP contribution is 2.16. The van der Waals surface area contributed by atoms with Gasteiger partial charge in [-0.25, -0.2) is 18.1 Å². The highest BCUT2D eigenvalue weighted by atomic mass is 32.2. The van der Waals surface area contributed by atoms with Crippen molar-refractivity contribution < 1.29 is 18.1 Å². The Morgan fingerprint density at radius 1 is 1.50 bits per heavy atom. The molecule has 1 rings (SSSR count). The molecule has 0 aliphatic carbocycles. The molecular weight excluding hydrogens is 290 g/mol. The van der Waals surface area contributed by atoms with Crippen molar-refractivity contribution in [1.29, 1.82) is 0 Å². The molecule has 0 atom stereocenters. The lowest BCUT2D eigenvalue weighted by Crippen LogP contribution is -2.34. The number of nitro groups is 1. The van der Waals surface area contributed by atoms with Gasteiger partial charge in [0.15, 0.2) is 0 Å². The van der Waals surface area contributed by atoms with E-state index in [1.165, 1.54) is 0 Å². The molecule has 1 aromatic heterocycles. The van der Waals surface area contributed by atoms with E-state index >= 15 is 0 Å². The summed E-state index contributed by atoms with van der Waals surface area (Å²) < 4.78 is 23.8. The van der Waals surface area contributed by atoms with Crippen LogP contribution in [0.1, 0.15) is 10.4 Å². The molecule has 11 heteroatoms. The number of carbonyl (C=O) groups is 1. The Morgan fingerprint density at radius 3 is 2.70 bits per heavy atom. The fourth-order valence-corrected chi connectivity index (χ4v) is 1.73. The SMILES string of the molecule is CS(=O)(=O)NCCNC(=O)c1cc([N+](=O)[O-])cnc1N. The minimum atomic E-state index is -3.34. The average Bonchev–Trinajstić information content (AvgIpc) is 2.33. The van der Waals surface area contributed by atoms with Gasteiger partial charge >= 0.3 is 0 Å². The van der Waals surface area contributed by atoms with Crippen molar-refractivity contribution in [1.82, 2.24) is 15.0 Å². The molecule has 1 aromatic rings. The number of hydrogen-bond donors (Lipinski definition) is 3. The number of amides is 1. The van der Waals surface area contributed by atoms with E-state index in [4.69, 9.17) is 5.73 Å². The summed E-state index contributed by atoms with van der Waals surface area (Å²) in [7, 11) is -3.34. The van der Waals surface area contributed by atoms with Gasteiger partial charge in [-0.15, -0.1) is 0 Å². The van der Waals surface area contributed by atoms with Crippen LogP contribution in [0.4, 0.5) is 11.5 Å². The fourth-order valence-electron chi connectivity index (χ4n) is 1.25. The Bertz CT molecular complexity index is 630. The quantitative estimate of drug-likeness (QED) is 0.340. The maximum atomic E-state index is 11.7. The van der Waals surface area contributed by atoms with E-state index in [2.05, 4.69) is 15.0 Å². The number of sulfonamides is 1. The number of nitrogens with two attached hydrogens (primary N) is 1. The minimum absolute atomic E-state index is 0.00711. The van der Waals surface area contributed by atoms with Crippen molar-refractivity contribution in [2.75, 3.05) is 25.1 Å². The molecule has 1 heterocycles. The first-order valence-electron chi connectivity index (χ1n) is 5.33. The second-order valence-corrected chi connectivity index (χ2v) is 5.64. The number of carbonyl (C=O) groups excluding carboxylic acids is 1. The van der Waals surface area contributed by atoms with Crippen LogP contribution in [-0.4, -0.2) is 43.6 Å². The lowest BCUT2D eigenvalue weighted by Gasteiger charge is -2.07. The standard InChI is InChI=1S/C9H13N5O5S/c1-20(18,19)13-3-2-11-9(15)7-4-6(14(16)17)5-12-8(7)10/h4-5,13H,2-3H2,1H3,(H2,10,12)(H,11,15). The predicted molar refractivity (Wildman–Crippen MR) is 70.5 cm³/mol. The van der Waals surface area contributed by atoms with Gasteiger partial charge < -0.3 is 11.1 Å². The zero-order valence-corrected chi connectivity index (χ0v) is 11.3. The van der Waals surface area contributed by atoms with E-state index in [0.29, 0.717) is 0 Å². The van der Waals surface area contributed by atoms with Crippen LogP contribution in [0, 0.1) is 10.1 Å². The predicted octanol–water partition coefficient (Wildman–Crippen LogP) is -1.15. The van der Waals surface area contributed by atoms with Crippen LogP contribution in [0.2, 0.25) is 0 Å². The van der Waals surface area contributed by atoms with E-state index in [1.54, 1.807) is 0 Å². The van der Waals surface area contributed by atoms with Crippen LogP contribution < -0.4 is 15.8 Å². The summed E-state index contributed by atoms with van der Waals surface area (Å²) in [5.41, 5.74) is 4.96. The van der Waals surface area contributed by atoms with Gasteiger partial charge in [0.1, 0.15) is 12.0 Å². The topological polar surface area (TPSA) is 157 Å². The van der Waals surface area contributed by atoms with Gasteiger partial charge in [0.05, 0.1) is 16.7 Å². The van der Waals surface area contributed by atoms with E-state index in [-0.39, 0.29) is 30.2 Å². The molecular formula is C9H13N5O5S. The van der Waals surface area contributed by atoms with E-state index in [0.717, 1.165) is 18.5 Å². The van der Waals surface area contributed by atoms with Crippen LogP contribution in [0.5, 0.6) is 0 Å². The molecule has 1 amide bonds. The largest absolute Gasteiger partial charge is 0.383 e. The molecule has 0 aromatic carbocycles. The number of aromatic nitrogens is 1. The summed E-state index contributed by atoms with van der Waals surface area (Å²) in [6, 6.07) is 1.00. The summed E-state index contributed by atoms with van der Waals surface area (Å²) in [5, 5.41) is 12.9. The minimum Gasteiger partial charge on any atom is -0.383 e. The normalized spacial score (nSPS) is 11.1. The van der Waals surface area contributed by atoms with Crippen molar-refractivity contribution in [2.24, 2.45) is 0 Å². The van der Waals surface area contributed by atoms with Gasteiger partial charge in [-0.2, -0.15) is 0 Å². The zero-order valence-electron chi connectivity index (χ0n) is 10.5. The molecule has 4 N–H and O–H groups in total. The Balaban J connectivity index is 2.68. The Kier molecular flexibility index (Phi) is 4.94. The van der Waals surface area contributed by atoms with Gasteiger partial charge in [0.2, 0.25) is 10.0 Å². The van der Waals surface area contributed by atoms with Crippen molar-refractivity contribution >= 4 is 27.4 Å². The number of nitrogens with one attached hydrogen (secondary N) is 2. The molecule has 20 heavy (non-hydrogen) atoms. The van der Waals surface area contributed by atoms with Gasteiger partial charge in [-0.1, -0.05) is 0 Å². The average molecular weight is 303 g/mol. The Morgan fingerprint density at radius 2 is 2.15 bits per heavy atom. The monoisotopic (exact) mass is 303 g/mol. The summed E-state index contributed by atoms with van der Waals surface area (Å²) in [4.78, 5) is 25.2. The molecule has 0 radical (unpaired) electrons. The highest BCUT2D eigenvalue weighted by Gasteiger charge is 2.16. The number of rotatable bonds is 6. The summed E-state index contributed by atoms with van der Waals surface area (Å²) >= 11 is 0. The van der Waals surface area contributed by atoms with Crippen molar-refractivity contribution in [3.05, 3.63) is 27.9 Å². The number of nitrogens with zero attached hydrogens (tertiary/aromatic N) is 2. The first-order valence-corrected chi connectivity index (χ1v) is 7.22. The zero-order chi connectivity index (χ0) is 15.3. The van der Waals surface area contributed by atoms with Crippen LogP contribution in [0.25, 0.3) is 0 Å². The molecule has 0 aliphatic rings. The first kappa shape index (κ1) is 15.8. The van der Waals surface area contributed by atoms with E-state index < -0.39 is 20.9 Å². The third kappa shape index (κ3) is 4.78. The Hall–Kier alpha value is -2.27. The van der Waals surface area contributed by atoms with Gasteiger partial charge in [0, 0.05) is 19.2 Å². The van der Waals surface area contributed by atoms with Gasteiger partial charge in [0.25, 0.3) is 11.6 Å². The van der Waals surface area contributed by atoms with Crippen molar-refractivity contribution in [3.63, 3.8) is 0 Å². The second-order valence-electron chi connectivity index (χ2n) is 3.81. The lowest BCUT2D eigenvalue weighted by atomic mass is 10.2. The molecule has 0 bridgehead atoms. The van der Waals surface area contributed by atoms with E-state index in [9.17, 15) is 23.3 Å². The first-order chi connectivity index (χ1) is 9.20. The summed E-state index contributed by atoms with van der Waals surface area (Å²) in [5.74, 6) is -0.821. The van der Waals surface area contributed by atoms with Crippen LogP contribution >= 0.6 is 0 Å². The summed E-state index contributed by atoms with van der Waals surface area (Å²) in [6.07, 6.45) is 1.93. The summed E-state index contributed by atoms with van der Waals surface area (Å²) in [6.45, 7) is 0.000862. The Labute approximate surface area is 114 Å². The van der Waals surface area contributed by atoms with Gasteiger partial charge in [-0.3, -0.25) is 14.9 Å². The lowest BCUT2D eigenvalue weighted by molar-refractivity contribution is -0.385. The second kappa shape index (κ2) is 6.25.